The second-order valence-corrected chi connectivity index (χ2v) is 7.45. The van der Waals surface area contributed by atoms with Crippen LogP contribution in [-0.2, 0) is 16.1 Å². The molecule has 0 aliphatic carbocycles. The Kier molecular flexibility index (Phi) is 7.11. The molecule has 170 valence electrons. The number of hydrogen-bond acceptors (Lipinski definition) is 7. The van der Waals surface area contributed by atoms with Crippen LogP contribution in [0.1, 0.15) is 5.56 Å². The van der Waals surface area contributed by atoms with Gasteiger partial charge in [-0.15, -0.1) is 0 Å². The third kappa shape index (κ3) is 5.64. The number of carbonyl (C=O) groups excluding carboxylic acids is 1. The average Bonchev–Trinajstić information content (AvgIpc) is 2.87. The van der Waals surface area contributed by atoms with Crippen molar-refractivity contribution in [3.8, 4) is 16.9 Å². The number of nitrogens with one attached hydrogen (secondary N) is 1. The van der Waals surface area contributed by atoms with Crippen LogP contribution >= 0.6 is 0 Å². The van der Waals surface area contributed by atoms with Crippen LogP contribution in [0.25, 0.3) is 11.1 Å². The van der Waals surface area contributed by atoms with Crippen molar-refractivity contribution < 1.29 is 19.2 Å². The number of para-hydroxylation sites is 1. The number of amides is 1. The average molecular weight is 448 g/mol. The van der Waals surface area contributed by atoms with E-state index in [4.69, 9.17) is 9.47 Å². The lowest BCUT2D eigenvalue weighted by Crippen LogP contribution is -2.37. The van der Waals surface area contributed by atoms with E-state index in [9.17, 15) is 14.9 Å². The molecule has 3 aromatic rings. The van der Waals surface area contributed by atoms with Crippen LogP contribution in [0.4, 0.5) is 11.5 Å². The second-order valence-electron chi connectivity index (χ2n) is 7.45. The first-order chi connectivity index (χ1) is 16.1. The Balaban J connectivity index is 1.34. The standard InChI is InChI=1S/C24H24N4O5/c29-23(26-16-19-4-1-2-6-22(19)28(30)31)17-33-20-9-7-18(8-10-20)21-5-3-11-25-24(21)27-12-14-32-15-13-27/h1-11H,12-17H2,(H,26,29). The maximum atomic E-state index is 12.1. The van der Waals surface area contributed by atoms with Gasteiger partial charge in [-0.2, -0.15) is 0 Å². The summed E-state index contributed by atoms with van der Waals surface area (Å²) >= 11 is 0. The molecule has 1 saturated heterocycles. The van der Waals surface area contributed by atoms with E-state index in [1.54, 1.807) is 36.5 Å². The molecule has 0 bridgehead atoms. The van der Waals surface area contributed by atoms with E-state index in [-0.39, 0.29) is 24.7 Å². The number of anilines is 1. The summed E-state index contributed by atoms with van der Waals surface area (Å²) in [5, 5.41) is 13.7. The van der Waals surface area contributed by atoms with Crippen molar-refractivity contribution in [2.75, 3.05) is 37.8 Å². The number of nitro groups is 1. The van der Waals surface area contributed by atoms with Gasteiger partial charge in [-0.1, -0.05) is 30.3 Å². The molecule has 0 radical (unpaired) electrons. The van der Waals surface area contributed by atoms with Crippen molar-refractivity contribution in [1.82, 2.24) is 10.3 Å². The summed E-state index contributed by atoms with van der Waals surface area (Å²) in [6.45, 7) is 2.83. The SMILES string of the molecule is O=C(COc1ccc(-c2cccnc2N2CCOCC2)cc1)NCc1ccccc1[N+](=O)[O-]. The summed E-state index contributed by atoms with van der Waals surface area (Å²) in [5.74, 6) is 1.11. The van der Waals surface area contributed by atoms with Gasteiger partial charge in [0.2, 0.25) is 0 Å². The minimum atomic E-state index is -0.466. The van der Waals surface area contributed by atoms with Crippen molar-refractivity contribution in [2.24, 2.45) is 0 Å². The fraction of sp³-hybridized carbons (Fsp3) is 0.250. The topological polar surface area (TPSA) is 107 Å². The van der Waals surface area contributed by atoms with E-state index in [1.165, 1.54) is 6.07 Å². The first kappa shape index (κ1) is 22.2. The van der Waals surface area contributed by atoms with E-state index in [0.717, 1.165) is 30.0 Å². The Hall–Kier alpha value is -3.98. The van der Waals surface area contributed by atoms with E-state index in [1.807, 2.05) is 24.3 Å². The summed E-state index contributed by atoms with van der Waals surface area (Å²) in [4.78, 5) is 29.5. The third-order valence-electron chi connectivity index (χ3n) is 5.30. The zero-order valence-electron chi connectivity index (χ0n) is 18.0. The molecule has 0 atom stereocenters. The highest BCUT2D eigenvalue weighted by atomic mass is 16.6. The quantitative estimate of drug-likeness (QED) is 0.417. The molecule has 9 nitrogen and oxygen atoms in total. The first-order valence-electron chi connectivity index (χ1n) is 10.6. The lowest BCUT2D eigenvalue weighted by atomic mass is 10.1. The van der Waals surface area contributed by atoms with Crippen LogP contribution < -0.4 is 15.0 Å². The number of rotatable bonds is 8. The van der Waals surface area contributed by atoms with E-state index in [0.29, 0.717) is 24.5 Å². The predicted molar refractivity (Wildman–Crippen MR) is 123 cm³/mol. The molecule has 1 aromatic heterocycles. The number of nitrogens with zero attached hydrogens (tertiary/aromatic N) is 3. The van der Waals surface area contributed by atoms with Gasteiger partial charge in [0.05, 0.1) is 18.1 Å². The lowest BCUT2D eigenvalue weighted by molar-refractivity contribution is -0.385. The maximum Gasteiger partial charge on any atom is 0.274 e. The molecule has 4 rings (SSSR count). The summed E-state index contributed by atoms with van der Waals surface area (Å²) < 4.78 is 11.0. The van der Waals surface area contributed by atoms with Gasteiger partial charge < -0.3 is 19.7 Å². The molecule has 0 saturated carbocycles. The number of ether oxygens (including phenoxy) is 2. The number of benzene rings is 2. The Labute approximate surface area is 191 Å². The summed E-state index contributed by atoms with van der Waals surface area (Å²) in [5.41, 5.74) is 2.43. The molecular formula is C24H24N4O5. The van der Waals surface area contributed by atoms with Crippen LogP contribution in [0.2, 0.25) is 0 Å². The number of pyridine rings is 1. The van der Waals surface area contributed by atoms with Gasteiger partial charge in [0.1, 0.15) is 11.6 Å². The van der Waals surface area contributed by atoms with Crippen LogP contribution in [-0.4, -0.2) is 48.7 Å². The number of carbonyl (C=O) groups is 1. The Bertz CT molecular complexity index is 1110. The molecule has 9 heteroatoms. The zero-order chi connectivity index (χ0) is 23.0. The lowest BCUT2D eigenvalue weighted by Gasteiger charge is -2.29. The van der Waals surface area contributed by atoms with Crippen LogP contribution in [0.5, 0.6) is 5.75 Å². The number of nitro benzene ring substituents is 1. The number of aromatic nitrogens is 1. The Morgan fingerprint density at radius 3 is 2.61 bits per heavy atom. The van der Waals surface area contributed by atoms with Crippen LogP contribution in [0.3, 0.4) is 0 Å². The van der Waals surface area contributed by atoms with E-state index in [2.05, 4.69) is 15.2 Å². The molecular weight excluding hydrogens is 424 g/mol. The van der Waals surface area contributed by atoms with Crippen molar-refractivity contribution in [2.45, 2.75) is 6.54 Å². The van der Waals surface area contributed by atoms with E-state index >= 15 is 0 Å². The third-order valence-corrected chi connectivity index (χ3v) is 5.30. The van der Waals surface area contributed by atoms with Crippen molar-refractivity contribution >= 4 is 17.4 Å². The number of hydrogen-bond donors (Lipinski definition) is 1. The summed E-state index contributed by atoms with van der Waals surface area (Å²) in [6, 6.07) is 17.7. The molecule has 1 aliphatic heterocycles. The highest BCUT2D eigenvalue weighted by Crippen LogP contribution is 2.30. The monoisotopic (exact) mass is 448 g/mol. The van der Waals surface area contributed by atoms with Gasteiger partial charge in [-0.3, -0.25) is 14.9 Å². The normalized spacial score (nSPS) is 13.4. The fourth-order valence-corrected chi connectivity index (χ4v) is 3.61. The van der Waals surface area contributed by atoms with Crippen molar-refractivity contribution in [3.05, 3.63) is 82.5 Å². The van der Waals surface area contributed by atoms with E-state index < -0.39 is 4.92 Å². The van der Waals surface area contributed by atoms with Crippen LogP contribution in [0, 0.1) is 10.1 Å². The second kappa shape index (κ2) is 10.6. The molecule has 2 aromatic carbocycles. The maximum absolute atomic E-state index is 12.1. The van der Waals surface area contributed by atoms with Gasteiger partial charge >= 0.3 is 0 Å². The van der Waals surface area contributed by atoms with Gasteiger partial charge in [0.15, 0.2) is 6.61 Å². The van der Waals surface area contributed by atoms with Gasteiger partial charge in [0, 0.05) is 43.0 Å². The molecule has 1 N–H and O–H groups in total. The highest BCUT2D eigenvalue weighted by Gasteiger charge is 2.17. The molecule has 0 unspecified atom stereocenters. The van der Waals surface area contributed by atoms with Crippen molar-refractivity contribution in [1.29, 1.82) is 0 Å². The van der Waals surface area contributed by atoms with Gasteiger partial charge in [-0.25, -0.2) is 4.98 Å². The number of morpholine rings is 1. The summed E-state index contributed by atoms with van der Waals surface area (Å²) in [7, 11) is 0. The molecule has 1 aliphatic rings. The van der Waals surface area contributed by atoms with Crippen LogP contribution in [0.15, 0.2) is 66.9 Å². The zero-order valence-corrected chi connectivity index (χ0v) is 18.0. The molecule has 1 fully saturated rings. The molecule has 2 heterocycles. The van der Waals surface area contributed by atoms with Crippen molar-refractivity contribution in [3.63, 3.8) is 0 Å². The van der Waals surface area contributed by atoms with Gasteiger partial charge in [0.25, 0.3) is 11.6 Å². The molecule has 1 amide bonds. The fourth-order valence-electron chi connectivity index (χ4n) is 3.61. The minimum Gasteiger partial charge on any atom is -0.484 e. The highest BCUT2D eigenvalue weighted by molar-refractivity contribution is 5.78. The molecule has 33 heavy (non-hydrogen) atoms. The first-order valence-corrected chi connectivity index (χ1v) is 10.6. The van der Waals surface area contributed by atoms with Gasteiger partial charge in [-0.05, 0) is 29.8 Å². The Morgan fingerprint density at radius 1 is 1.09 bits per heavy atom. The summed E-state index contributed by atoms with van der Waals surface area (Å²) in [6.07, 6.45) is 1.79. The smallest absolute Gasteiger partial charge is 0.274 e. The molecule has 0 spiro atoms. The predicted octanol–water partition coefficient (Wildman–Crippen LogP) is 3.19. The largest absolute Gasteiger partial charge is 0.484 e. The minimum absolute atomic E-state index is 0.0267. The Morgan fingerprint density at radius 2 is 1.85 bits per heavy atom.